The summed E-state index contributed by atoms with van der Waals surface area (Å²) in [5.41, 5.74) is -0.160. The van der Waals surface area contributed by atoms with Crippen LogP contribution in [-0.4, -0.2) is 79.5 Å². The molecule has 0 unspecified atom stereocenters. The molecule has 25 heavy (non-hydrogen) atoms. The molecule has 2 fully saturated rings. The molecule has 0 aromatic carbocycles. The van der Waals surface area contributed by atoms with E-state index in [4.69, 9.17) is 0 Å². The molecule has 5 nitrogen and oxygen atoms in total. The highest BCUT2D eigenvalue weighted by molar-refractivity contribution is 5.78. The lowest BCUT2D eigenvalue weighted by molar-refractivity contribution is -0.153. The summed E-state index contributed by atoms with van der Waals surface area (Å²) < 4.78 is 37.1. The normalized spacial score (nSPS) is 25.1. The molecule has 0 aliphatic carbocycles. The monoisotopic (exact) mass is 363 g/mol. The molecule has 0 bridgehead atoms. The van der Waals surface area contributed by atoms with Gasteiger partial charge in [0.1, 0.15) is 0 Å². The molecule has 0 aromatic heterocycles. The zero-order chi connectivity index (χ0) is 18.7. The summed E-state index contributed by atoms with van der Waals surface area (Å²) >= 11 is 0. The molecule has 2 aliphatic rings. The minimum Gasteiger partial charge on any atom is -0.342 e. The van der Waals surface area contributed by atoms with E-state index in [0.29, 0.717) is 39.0 Å². The molecule has 0 aromatic rings. The Morgan fingerprint density at radius 2 is 1.96 bits per heavy atom. The fourth-order valence-corrected chi connectivity index (χ4v) is 3.79. The third kappa shape index (κ3) is 5.87. The van der Waals surface area contributed by atoms with Crippen LogP contribution in [0.15, 0.2) is 0 Å². The zero-order valence-electron chi connectivity index (χ0n) is 15.1. The van der Waals surface area contributed by atoms with Gasteiger partial charge in [0.25, 0.3) is 0 Å². The molecule has 144 valence electrons. The molecule has 0 N–H and O–H groups in total. The van der Waals surface area contributed by atoms with E-state index in [1.807, 2.05) is 23.9 Å². The van der Waals surface area contributed by atoms with Crippen molar-refractivity contribution in [3.8, 4) is 0 Å². The van der Waals surface area contributed by atoms with Crippen LogP contribution >= 0.6 is 0 Å². The Hall–Kier alpha value is -1.31. The van der Waals surface area contributed by atoms with Gasteiger partial charge in [0.15, 0.2) is 0 Å². The zero-order valence-corrected chi connectivity index (χ0v) is 15.1. The summed E-state index contributed by atoms with van der Waals surface area (Å²) in [6.07, 6.45) is -2.98. The first kappa shape index (κ1) is 20.0. The number of carbonyl (C=O) groups excluding carboxylic acids is 2. The topological polar surface area (TPSA) is 43.9 Å². The molecular weight excluding hydrogens is 335 g/mol. The van der Waals surface area contributed by atoms with Crippen LogP contribution in [0.4, 0.5) is 13.2 Å². The third-order valence-electron chi connectivity index (χ3n) is 5.20. The van der Waals surface area contributed by atoms with Crippen LogP contribution in [-0.2, 0) is 9.59 Å². The van der Waals surface area contributed by atoms with Crippen LogP contribution in [0, 0.1) is 5.41 Å². The predicted molar refractivity (Wildman–Crippen MR) is 87.9 cm³/mol. The highest BCUT2D eigenvalue weighted by Crippen LogP contribution is 2.39. The highest BCUT2D eigenvalue weighted by Gasteiger charge is 2.42. The van der Waals surface area contributed by atoms with Crippen molar-refractivity contribution in [2.24, 2.45) is 5.41 Å². The minimum absolute atomic E-state index is 0.132. The maximum Gasteiger partial charge on any atom is 0.389 e. The van der Waals surface area contributed by atoms with Crippen LogP contribution < -0.4 is 0 Å². The number of hydrogen-bond acceptors (Lipinski definition) is 3. The molecule has 2 rings (SSSR count). The number of amides is 2. The number of carbonyl (C=O) groups is 2. The average molecular weight is 363 g/mol. The molecule has 2 saturated heterocycles. The molecule has 1 atom stereocenters. The fraction of sp³-hybridized carbons (Fsp3) is 0.882. The molecule has 1 spiro atoms. The van der Waals surface area contributed by atoms with E-state index < -0.39 is 24.9 Å². The van der Waals surface area contributed by atoms with Crippen molar-refractivity contribution in [1.29, 1.82) is 0 Å². The second-order valence-electron chi connectivity index (χ2n) is 7.65. The number of piperidine rings is 2. The van der Waals surface area contributed by atoms with Crippen molar-refractivity contribution in [1.82, 2.24) is 14.7 Å². The van der Waals surface area contributed by atoms with E-state index in [0.717, 1.165) is 19.4 Å². The summed E-state index contributed by atoms with van der Waals surface area (Å²) in [7, 11) is 3.90. The fourth-order valence-electron chi connectivity index (χ4n) is 3.79. The molecule has 8 heteroatoms. The van der Waals surface area contributed by atoms with Crippen LogP contribution in [0.3, 0.4) is 0 Å². The second-order valence-corrected chi connectivity index (χ2v) is 7.65. The summed E-state index contributed by atoms with van der Waals surface area (Å²) in [4.78, 5) is 29.8. The Balaban J connectivity index is 1.96. The number of nitrogens with zero attached hydrogens (tertiary/aromatic N) is 3. The first-order valence-corrected chi connectivity index (χ1v) is 8.87. The molecule has 2 amide bonds. The Morgan fingerprint density at radius 3 is 2.60 bits per heavy atom. The summed E-state index contributed by atoms with van der Waals surface area (Å²) in [5.74, 6) is -0.291. The summed E-state index contributed by atoms with van der Waals surface area (Å²) in [6, 6.07) is 0. The van der Waals surface area contributed by atoms with Gasteiger partial charge in [0.05, 0.1) is 6.42 Å². The molecule has 0 radical (unpaired) electrons. The van der Waals surface area contributed by atoms with E-state index in [1.165, 1.54) is 0 Å². The molecule has 0 saturated carbocycles. The second kappa shape index (κ2) is 7.93. The summed E-state index contributed by atoms with van der Waals surface area (Å²) in [5, 5.41) is 0. The van der Waals surface area contributed by atoms with E-state index in [2.05, 4.69) is 0 Å². The van der Waals surface area contributed by atoms with Gasteiger partial charge >= 0.3 is 6.18 Å². The maximum atomic E-state index is 12.4. The van der Waals surface area contributed by atoms with Crippen molar-refractivity contribution >= 4 is 11.8 Å². The van der Waals surface area contributed by atoms with Gasteiger partial charge in [-0.1, -0.05) is 0 Å². The van der Waals surface area contributed by atoms with E-state index >= 15 is 0 Å². The van der Waals surface area contributed by atoms with Crippen molar-refractivity contribution < 1.29 is 22.8 Å². The predicted octanol–water partition coefficient (Wildman–Crippen LogP) is 2.12. The van der Waals surface area contributed by atoms with Crippen molar-refractivity contribution in [2.75, 3.05) is 46.8 Å². The smallest absolute Gasteiger partial charge is 0.342 e. The van der Waals surface area contributed by atoms with Gasteiger partial charge in [0, 0.05) is 51.0 Å². The van der Waals surface area contributed by atoms with Crippen molar-refractivity contribution in [2.45, 2.75) is 44.7 Å². The number of likely N-dealkylation sites (N-methyl/N-ethyl adjacent to an activating group) is 1. The largest absolute Gasteiger partial charge is 0.389 e. The highest BCUT2D eigenvalue weighted by atomic mass is 19.4. The Bertz CT molecular complexity index is 496. The SMILES string of the molecule is CN(C)CCN1C[C@@]2(CCCN(C(=O)CCC(F)(F)F)C2)CCC1=O. The number of likely N-dealkylation sites (tertiary alicyclic amines) is 2. The van der Waals surface area contributed by atoms with Gasteiger partial charge in [0.2, 0.25) is 11.8 Å². The first-order chi connectivity index (χ1) is 11.6. The van der Waals surface area contributed by atoms with Gasteiger partial charge in [-0.15, -0.1) is 0 Å². The Labute approximate surface area is 147 Å². The number of rotatable bonds is 5. The molecule has 2 aliphatic heterocycles. The van der Waals surface area contributed by atoms with Crippen molar-refractivity contribution in [3.05, 3.63) is 0 Å². The van der Waals surface area contributed by atoms with E-state index in [-0.39, 0.29) is 11.3 Å². The lowest BCUT2D eigenvalue weighted by atomic mass is 9.73. The standard InChI is InChI=1S/C17H28F3N3O2/c1-21(2)10-11-23-13-16(7-4-14(23)24)6-3-9-22(12-16)15(25)5-8-17(18,19)20/h3-13H2,1-2H3/t16-/m0/s1. The quantitative estimate of drug-likeness (QED) is 0.752. The molecule has 2 heterocycles. The van der Waals surface area contributed by atoms with Gasteiger partial charge in [-0.2, -0.15) is 13.2 Å². The third-order valence-corrected chi connectivity index (χ3v) is 5.20. The first-order valence-electron chi connectivity index (χ1n) is 8.87. The van der Waals surface area contributed by atoms with Crippen LogP contribution in [0.25, 0.3) is 0 Å². The number of alkyl halides is 3. The average Bonchev–Trinajstić information content (AvgIpc) is 2.53. The van der Waals surface area contributed by atoms with Gasteiger partial charge < -0.3 is 14.7 Å². The Kier molecular flexibility index (Phi) is 6.35. The molecular formula is C17H28F3N3O2. The van der Waals surface area contributed by atoms with Crippen molar-refractivity contribution in [3.63, 3.8) is 0 Å². The van der Waals surface area contributed by atoms with Gasteiger partial charge in [-0.25, -0.2) is 0 Å². The Morgan fingerprint density at radius 1 is 1.24 bits per heavy atom. The van der Waals surface area contributed by atoms with Crippen LogP contribution in [0.2, 0.25) is 0 Å². The number of halogens is 3. The van der Waals surface area contributed by atoms with Gasteiger partial charge in [-0.3, -0.25) is 9.59 Å². The summed E-state index contributed by atoms with van der Waals surface area (Å²) in [6.45, 7) is 3.01. The van der Waals surface area contributed by atoms with E-state index in [9.17, 15) is 22.8 Å². The van der Waals surface area contributed by atoms with E-state index in [1.54, 1.807) is 4.90 Å². The lowest BCUT2D eigenvalue weighted by Gasteiger charge is -2.48. The van der Waals surface area contributed by atoms with Gasteiger partial charge in [-0.05, 0) is 33.4 Å². The maximum absolute atomic E-state index is 12.4. The minimum atomic E-state index is -4.30. The lowest BCUT2D eigenvalue weighted by Crippen LogP contribution is -2.55. The van der Waals surface area contributed by atoms with Crippen LogP contribution in [0.5, 0.6) is 0 Å². The number of hydrogen-bond donors (Lipinski definition) is 0. The van der Waals surface area contributed by atoms with Crippen LogP contribution in [0.1, 0.15) is 38.5 Å².